The third-order valence-electron chi connectivity index (χ3n) is 2.64. The fraction of sp³-hybridized carbons (Fsp3) is 0.154. The van der Waals surface area contributed by atoms with E-state index in [0.29, 0.717) is 5.69 Å². The molecule has 1 atom stereocenters. The van der Waals surface area contributed by atoms with Crippen LogP contribution in [0, 0.1) is 0 Å². The highest BCUT2D eigenvalue weighted by Gasteiger charge is 2.11. The number of aromatic carboxylic acids is 1. The predicted octanol–water partition coefficient (Wildman–Crippen LogP) is 2.73. The molecule has 1 aromatic carbocycles. The molecule has 0 fully saturated rings. The van der Waals surface area contributed by atoms with Crippen LogP contribution in [0.2, 0.25) is 0 Å². The largest absolute Gasteiger partial charge is 0.478 e. The first-order valence-electron chi connectivity index (χ1n) is 5.50. The Morgan fingerprint density at radius 3 is 2.83 bits per heavy atom. The van der Waals surface area contributed by atoms with E-state index in [1.54, 1.807) is 24.5 Å². The lowest BCUT2D eigenvalue weighted by atomic mass is 10.1. The molecule has 4 N–H and O–H groups in total. The second-order valence-electron chi connectivity index (χ2n) is 3.99. The van der Waals surface area contributed by atoms with Gasteiger partial charge in [0.05, 0.1) is 17.9 Å². The van der Waals surface area contributed by atoms with Crippen molar-refractivity contribution in [3.63, 3.8) is 0 Å². The minimum absolute atomic E-state index is 0.0507. The van der Waals surface area contributed by atoms with E-state index in [2.05, 4.69) is 5.32 Å². The highest BCUT2D eigenvalue weighted by atomic mass is 16.4. The van der Waals surface area contributed by atoms with E-state index in [0.717, 1.165) is 5.76 Å². The van der Waals surface area contributed by atoms with Crippen molar-refractivity contribution < 1.29 is 14.3 Å². The van der Waals surface area contributed by atoms with Gasteiger partial charge in [0.1, 0.15) is 5.76 Å². The second kappa shape index (κ2) is 4.83. The van der Waals surface area contributed by atoms with Gasteiger partial charge in [-0.2, -0.15) is 0 Å². The lowest BCUT2D eigenvalue weighted by molar-refractivity contribution is 0.0698. The van der Waals surface area contributed by atoms with Crippen molar-refractivity contribution in [3.05, 3.63) is 47.9 Å². The van der Waals surface area contributed by atoms with Gasteiger partial charge in [-0.25, -0.2) is 4.79 Å². The highest BCUT2D eigenvalue weighted by Crippen LogP contribution is 2.23. The van der Waals surface area contributed by atoms with Crippen LogP contribution in [-0.4, -0.2) is 11.1 Å². The van der Waals surface area contributed by atoms with E-state index in [-0.39, 0.29) is 17.3 Å². The number of nitrogens with one attached hydrogen (secondary N) is 1. The highest BCUT2D eigenvalue weighted by molar-refractivity contribution is 5.94. The van der Waals surface area contributed by atoms with E-state index in [1.165, 1.54) is 6.07 Å². The molecule has 0 amide bonds. The van der Waals surface area contributed by atoms with Gasteiger partial charge in [0, 0.05) is 11.4 Å². The molecular formula is C13H14N2O3. The van der Waals surface area contributed by atoms with E-state index in [4.69, 9.17) is 15.3 Å². The Hall–Kier alpha value is -2.43. The molecule has 5 nitrogen and oxygen atoms in total. The first-order valence-corrected chi connectivity index (χ1v) is 5.50. The molecule has 0 aliphatic carbocycles. The van der Waals surface area contributed by atoms with Crippen LogP contribution >= 0.6 is 0 Å². The zero-order valence-electron chi connectivity index (χ0n) is 9.88. The van der Waals surface area contributed by atoms with E-state index in [9.17, 15) is 4.79 Å². The van der Waals surface area contributed by atoms with Gasteiger partial charge in [0.15, 0.2) is 0 Å². The summed E-state index contributed by atoms with van der Waals surface area (Å²) in [5, 5.41) is 12.1. The topological polar surface area (TPSA) is 88.5 Å². The fourth-order valence-corrected chi connectivity index (χ4v) is 1.69. The first-order chi connectivity index (χ1) is 8.58. The number of anilines is 2. The van der Waals surface area contributed by atoms with E-state index >= 15 is 0 Å². The van der Waals surface area contributed by atoms with Crippen LogP contribution in [-0.2, 0) is 0 Å². The normalized spacial score (nSPS) is 12.1. The predicted molar refractivity (Wildman–Crippen MR) is 68.6 cm³/mol. The van der Waals surface area contributed by atoms with Gasteiger partial charge in [-0.3, -0.25) is 0 Å². The first kappa shape index (κ1) is 12.0. The molecular weight excluding hydrogens is 232 g/mol. The van der Waals surface area contributed by atoms with Gasteiger partial charge in [-0.05, 0) is 37.3 Å². The standard InChI is InChI=1S/C13H14N2O3/c1-8(12-3-2-6-18-12)15-9-4-5-11(14)10(7-9)13(16)17/h2-8,15H,14H2,1H3,(H,16,17). The Bertz CT molecular complexity index is 549. The summed E-state index contributed by atoms with van der Waals surface area (Å²) >= 11 is 0. The maximum absolute atomic E-state index is 11.0. The van der Waals surface area contributed by atoms with E-state index in [1.807, 2.05) is 13.0 Å². The number of benzene rings is 1. The Kier molecular flexibility index (Phi) is 3.23. The zero-order chi connectivity index (χ0) is 13.1. The average Bonchev–Trinajstić information content (AvgIpc) is 2.85. The molecule has 2 aromatic rings. The third kappa shape index (κ3) is 2.45. The molecule has 0 saturated carbocycles. The molecule has 1 heterocycles. The van der Waals surface area contributed by atoms with Gasteiger partial charge in [0.2, 0.25) is 0 Å². The smallest absolute Gasteiger partial charge is 0.337 e. The summed E-state index contributed by atoms with van der Waals surface area (Å²) < 4.78 is 5.27. The molecule has 94 valence electrons. The molecule has 5 heteroatoms. The molecule has 0 spiro atoms. The maximum atomic E-state index is 11.0. The zero-order valence-corrected chi connectivity index (χ0v) is 9.88. The van der Waals surface area contributed by atoms with Crippen molar-refractivity contribution in [2.45, 2.75) is 13.0 Å². The van der Waals surface area contributed by atoms with Crippen molar-refractivity contribution in [1.29, 1.82) is 0 Å². The van der Waals surface area contributed by atoms with E-state index < -0.39 is 5.97 Å². The van der Waals surface area contributed by atoms with Crippen LogP contribution in [0.25, 0.3) is 0 Å². The van der Waals surface area contributed by atoms with Gasteiger partial charge in [-0.15, -0.1) is 0 Å². The molecule has 1 unspecified atom stereocenters. The molecule has 1 aromatic heterocycles. The van der Waals surface area contributed by atoms with Crippen LogP contribution in [0.3, 0.4) is 0 Å². The number of furan rings is 1. The molecule has 18 heavy (non-hydrogen) atoms. The summed E-state index contributed by atoms with van der Waals surface area (Å²) in [6.07, 6.45) is 1.60. The minimum atomic E-state index is -1.04. The molecule has 0 aliphatic heterocycles. The van der Waals surface area contributed by atoms with Gasteiger partial charge in [0.25, 0.3) is 0 Å². The third-order valence-corrected chi connectivity index (χ3v) is 2.64. The molecule has 0 aliphatic rings. The van der Waals surface area contributed by atoms with Gasteiger partial charge >= 0.3 is 5.97 Å². The number of carbonyl (C=O) groups is 1. The SMILES string of the molecule is CC(Nc1ccc(N)c(C(=O)O)c1)c1ccco1. The van der Waals surface area contributed by atoms with Crippen molar-refractivity contribution >= 4 is 17.3 Å². The number of carboxylic acids is 1. The number of hydrogen-bond donors (Lipinski definition) is 3. The number of carboxylic acid groups (broad SMARTS) is 1. The summed E-state index contributed by atoms with van der Waals surface area (Å²) in [5.41, 5.74) is 6.61. The van der Waals surface area contributed by atoms with Crippen molar-refractivity contribution in [3.8, 4) is 0 Å². The lowest BCUT2D eigenvalue weighted by Crippen LogP contribution is -2.08. The number of rotatable bonds is 4. The van der Waals surface area contributed by atoms with Crippen LogP contribution in [0.5, 0.6) is 0 Å². The van der Waals surface area contributed by atoms with Crippen LogP contribution in [0.4, 0.5) is 11.4 Å². The van der Waals surface area contributed by atoms with Crippen LogP contribution in [0.15, 0.2) is 41.0 Å². The maximum Gasteiger partial charge on any atom is 0.337 e. The summed E-state index contributed by atoms with van der Waals surface area (Å²) in [6.45, 7) is 1.93. The van der Waals surface area contributed by atoms with Crippen molar-refractivity contribution in [2.75, 3.05) is 11.1 Å². The fourth-order valence-electron chi connectivity index (χ4n) is 1.69. The minimum Gasteiger partial charge on any atom is -0.478 e. The molecule has 0 saturated heterocycles. The average molecular weight is 246 g/mol. The van der Waals surface area contributed by atoms with Crippen molar-refractivity contribution in [1.82, 2.24) is 0 Å². The summed E-state index contributed by atoms with van der Waals surface area (Å²) in [5.74, 6) is -0.259. The summed E-state index contributed by atoms with van der Waals surface area (Å²) in [6, 6.07) is 8.43. The van der Waals surface area contributed by atoms with Gasteiger partial charge in [-0.1, -0.05) is 0 Å². The lowest BCUT2D eigenvalue weighted by Gasteiger charge is -2.13. The molecule has 0 bridgehead atoms. The molecule has 0 radical (unpaired) electrons. The number of nitrogens with two attached hydrogens (primary N) is 1. The number of hydrogen-bond acceptors (Lipinski definition) is 4. The van der Waals surface area contributed by atoms with Crippen molar-refractivity contribution in [2.24, 2.45) is 0 Å². The number of nitrogen functional groups attached to an aromatic ring is 1. The van der Waals surface area contributed by atoms with Crippen LogP contribution < -0.4 is 11.1 Å². The summed E-state index contributed by atoms with van der Waals surface area (Å²) in [7, 11) is 0. The molecule has 2 rings (SSSR count). The Morgan fingerprint density at radius 2 is 2.22 bits per heavy atom. The monoisotopic (exact) mass is 246 g/mol. The summed E-state index contributed by atoms with van der Waals surface area (Å²) in [4.78, 5) is 11.0. The Morgan fingerprint density at radius 1 is 1.44 bits per heavy atom. The Labute approximate surface area is 104 Å². The quantitative estimate of drug-likeness (QED) is 0.722. The van der Waals surface area contributed by atoms with Crippen LogP contribution in [0.1, 0.15) is 29.1 Å². The second-order valence-corrected chi connectivity index (χ2v) is 3.99. The van der Waals surface area contributed by atoms with Gasteiger partial charge < -0.3 is 20.6 Å². The Balaban J connectivity index is 2.20.